The van der Waals surface area contributed by atoms with Gasteiger partial charge in [0, 0.05) is 38.9 Å². The minimum absolute atomic E-state index is 0.172. The van der Waals surface area contributed by atoms with Crippen LogP contribution in [0.3, 0.4) is 0 Å². The maximum Gasteiger partial charge on any atom is 0.235 e. The summed E-state index contributed by atoms with van der Waals surface area (Å²) in [7, 11) is 0. The minimum atomic E-state index is -0.323. The molecule has 0 saturated carbocycles. The monoisotopic (exact) mass is 275 g/mol. The number of hydrazine groups is 3. The van der Waals surface area contributed by atoms with Crippen molar-refractivity contribution in [3.63, 3.8) is 0 Å². The molecule has 0 aromatic rings. The molecule has 10 heteroatoms. The first-order chi connectivity index (χ1) is 9.03. The number of nitrogens with zero attached hydrogens (tertiary/aromatic N) is 1. The fourth-order valence-electron chi connectivity index (χ4n) is 1.33. The Kier molecular flexibility index (Phi) is 9.26. The van der Waals surface area contributed by atoms with E-state index in [0.717, 1.165) is 0 Å². The lowest BCUT2D eigenvalue weighted by atomic mass is 10.3. The van der Waals surface area contributed by atoms with Crippen molar-refractivity contribution in [1.82, 2.24) is 21.2 Å². The smallest absolute Gasteiger partial charge is 0.235 e. The third-order valence-electron chi connectivity index (χ3n) is 2.45. The van der Waals surface area contributed by atoms with Crippen LogP contribution in [0.1, 0.15) is 19.3 Å². The number of nitrogens with one attached hydrogen (secondary N) is 3. The van der Waals surface area contributed by atoms with Crippen LogP contribution in [0, 0.1) is 0 Å². The van der Waals surface area contributed by atoms with Crippen LogP contribution in [-0.2, 0) is 14.4 Å². The van der Waals surface area contributed by atoms with Gasteiger partial charge in [0.25, 0.3) is 0 Å². The number of nitrogens with two attached hydrogens (primary N) is 3. The van der Waals surface area contributed by atoms with Crippen molar-refractivity contribution >= 4 is 17.7 Å². The molecule has 0 radical (unpaired) electrons. The van der Waals surface area contributed by atoms with Gasteiger partial charge in [0.05, 0.1) is 0 Å². The van der Waals surface area contributed by atoms with E-state index in [2.05, 4.69) is 0 Å². The standard InChI is InChI=1S/C9H21N7O3/c10-13-7(17)1-4-16(5-2-8(18)14-11)6-3-9(19)15-12/h1-6,10-12H2,(H,13,17)(H,14,18)(H,15,19). The normalized spacial score (nSPS) is 10.1. The molecule has 0 heterocycles. The summed E-state index contributed by atoms with van der Waals surface area (Å²) >= 11 is 0. The van der Waals surface area contributed by atoms with E-state index in [9.17, 15) is 14.4 Å². The molecule has 0 spiro atoms. The van der Waals surface area contributed by atoms with Crippen molar-refractivity contribution in [3.05, 3.63) is 0 Å². The Balaban J connectivity index is 4.16. The number of amides is 3. The van der Waals surface area contributed by atoms with E-state index in [-0.39, 0.29) is 37.0 Å². The second-order valence-corrected chi connectivity index (χ2v) is 3.79. The van der Waals surface area contributed by atoms with Crippen molar-refractivity contribution in [2.45, 2.75) is 19.3 Å². The van der Waals surface area contributed by atoms with Gasteiger partial charge in [0.1, 0.15) is 0 Å². The summed E-state index contributed by atoms with van der Waals surface area (Å²) in [6.45, 7) is 1.12. The van der Waals surface area contributed by atoms with Crippen LogP contribution in [0.5, 0.6) is 0 Å². The molecule has 0 unspecified atom stereocenters. The van der Waals surface area contributed by atoms with Crippen molar-refractivity contribution in [2.75, 3.05) is 19.6 Å². The first-order valence-electron chi connectivity index (χ1n) is 5.74. The van der Waals surface area contributed by atoms with Crippen molar-refractivity contribution in [2.24, 2.45) is 17.5 Å². The van der Waals surface area contributed by atoms with Crippen molar-refractivity contribution in [1.29, 1.82) is 0 Å². The van der Waals surface area contributed by atoms with E-state index in [0.29, 0.717) is 19.6 Å². The van der Waals surface area contributed by atoms with E-state index in [4.69, 9.17) is 17.5 Å². The molecule has 0 saturated heterocycles. The van der Waals surface area contributed by atoms with E-state index in [1.807, 2.05) is 16.3 Å². The fourth-order valence-corrected chi connectivity index (χ4v) is 1.33. The Labute approximate surface area is 110 Å². The van der Waals surface area contributed by atoms with Crippen LogP contribution in [0.25, 0.3) is 0 Å². The highest BCUT2D eigenvalue weighted by Gasteiger charge is 2.11. The van der Waals surface area contributed by atoms with E-state index in [1.165, 1.54) is 0 Å². The molecule has 0 fully saturated rings. The Morgan fingerprint density at radius 2 is 0.947 bits per heavy atom. The molecule has 110 valence electrons. The zero-order chi connectivity index (χ0) is 14.7. The lowest BCUT2D eigenvalue weighted by Crippen LogP contribution is -2.39. The second-order valence-electron chi connectivity index (χ2n) is 3.79. The Hall–Kier alpha value is -1.75. The fraction of sp³-hybridized carbons (Fsp3) is 0.667. The molecule has 0 aromatic carbocycles. The highest BCUT2D eigenvalue weighted by Crippen LogP contribution is 1.97. The number of carbonyl (C=O) groups is 3. The SMILES string of the molecule is NNC(=O)CCN(CCC(=O)NN)CCC(=O)NN. The van der Waals surface area contributed by atoms with Gasteiger partial charge in [0.2, 0.25) is 17.7 Å². The Bertz CT molecular complexity index is 263. The van der Waals surface area contributed by atoms with Crippen LogP contribution in [0.2, 0.25) is 0 Å². The molecule has 0 aliphatic carbocycles. The minimum Gasteiger partial charge on any atom is -0.302 e. The molecule has 0 aliphatic heterocycles. The van der Waals surface area contributed by atoms with Gasteiger partial charge in [-0.15, -0.1) is 0 Å². The summed E-state index contributed by atoms with van der Waals surface area (Å²) in [5.74, 6) is 13.9. The molecular weight excluding hydrogens is 254 g/mol. The molecule has 3 amide bonds. The number of rotatable bonds is 9. The topological polar surface area (TPSA) is 169 Å². The van der Waals surface area contributed by atoms with E-state index < -0.39 is 0 Å². The molecule has 0 aromatic heterocycles. The van der Waals surface area contributed by atoms with Crippen LogP contribution in [0.4, 0.5) is 0 Å². The summed E-state index contributed by atoms with van der Waals surface area (Å²) in [6.07, 6.45) is 0.515. The van der Waals surface area contributed by atoms with Crippen LogP contribution < -0.4 is 33.8 Å². The van der Waals surface area contributed by atoms with E-state index >= 15 is 0 Å². The summed E-state index contributed by atoms with van der Waals surface area (Å²) in [5, 5.41) is 0. The van der Waals surface area contributed by atoms with Gasteiger partial charge in [-0.2, -0.15) is 0 Å². The summed E-state index contributed by atoms with van der Waals surface area (Å²) in [5.41, 5.74) is 6.02. The van der Waals surface area contributed by atoms with Crippen LogP contribution >= 0.6 is 0 Å². The predicted octanol–water partition coefficient (Wildman–Crippen LogP) is -3.57. The predicted molar refractivity (Wildman–Crippen MR) is 67.3 cm³/mol. The first kappa shape index (κ1) is 17.2. The summed E-state index contributed by atoms with van der Waals surface area (Å²) in [6, 6.07) is 0. The molecule has 0 bridgehead atoms. The molecule has 0 atom stereocenters. The van der Waals surface area contributed by atoms with Crippen molar-refractivity contribution < 1.29 is 14.4 Å². The Morgan fingerprint density at radius 1 is 0.684 bits per heavy atom. The molecule has 0 rings (SSSR count). The van der Waals surface area contributed by atoms with Gasteiger partial charge in [-0.25, -0.2) is 17.5 Å². The van der Waals surface area contributed by atoms with Gasteiger partial charge < -0.3 is 4.90 Å². The molecule has 10 nitrogen and oxygen atoms in total. The maximum atomic E-state index is 11.0. The largest absolute Gasteiger partial charge is 0.302 e. The highest BCUT2D eigenvalue weighted by molar-refractivity contribution is 5.76. The van der Waals surface area contributed by atoms with Crippen molar-refractivity contribution in [3.8, 4) is 0 Å². The summed E-state index contributed by atoms with van der Waals surface area (Å²) < 4.78 is 0. The maximum absolute atomic E-state index is 11.0. The third kappa shape index (κ3) is 8.90. The van der Waals surface area contributed by atoms with Gasteiger partial charge in [-0.1, -0.05) is 0 Å². The lowest BCUT2D eigenvalue weighted by Gasteiger charge is -2.21. The van der Waals surface area contributed by atoms with E-state index in [1.54, 1.807) is 4.90 Å². The Morgan fingerprint density at radius 3 is 1.16 bits per heavy atom. The van der Waals surface area contributed by atoms with Gasteiger partial charge in [0.15, 0.2) is 0 Å². The third-order valence-corrected chi connectivity index (χ3v) is 2.45. The average Bonchev–Trinajstić information content (AvgIpc) is 2.44. The average molecular weight is 275 g/mol. The molecule has 19 heavy (non-hydrogen) atoms. The first-order valence-corrected chi connectivity index (χ1v) is 5.74. The number of carbonyl (C=O) groups excluding carboxylic acids is 3. The molecular formula is C9H21N7O3. The zero-order valence-corrected chi connectivity index (χ0v) is 10.6. The van der Waals surface area contributed by atoms with Gasteiger partial charge in [-0.05, 0) is 0 Å². The molecule has 9 N–H and O–H groups in total. The molecule has 0 aliphatic rings. The quantitative estimate of drug-likeness (QED) is 0.144. The summed E-state index contributed by atoms with van der Waals surface area (Å²) in [4.78, 5) is 34.9. The number of hydrogen-bond donors (Lipinski definition) is 6. The van der Waals surface area contributed by atoms with Gasteiger partial charge >= 0.3 is 0 Å². The highest BCUT2D eigenvalue weighted by atomic mass is 16.2. The van der Waals surface area contributed by atoms with Crippen LogP contribution in [-0.4, -0.2) is 42.3 Å². The zero-order valence-electron chi connectivity index (χ0n) is 10.6. The van der Waals surface area contributed by atoms with Gasteiger partial charge in [-0.3, -0.25) is 30.7 Å². The lowest BCUT2D eigenvalue weighted by molar-refractivity contribution is -0.121. The van der Waals surface area contributed by atoms with Crippen LogP contribution in [0.15, 0.2) is 0 Å². The number of hydrogen-bond acceptors (Lipinski definition) is 7. The second kappa shape index (κ2) is 10.2.